The summed E-state index contributed by atoms with van der Waals surface area (Å²) in [7, 11) is -3.08. The van der Waals surface area contributed by atoms with Crippen molar-refractivity contribution < 1.29 is 13.5 Å². The first-order valence-corrected chi connectivity index (χ1v) is 9.63. The predicted molar refractivity (Wildman–Crippen MR) is 85.5 cm³/mol. The standard InChI is InChI=1S/C15H23N3O3S/c1-22(20,21)18-9-5-12(6-10-18)14-3-2-4-15(16-14)17-8-7-13(19)11-17/h2-4,12-13,19H,5-11H2,1H3/t13-/m0/s1. The van der Waals surface area contributed by atoms with E-state index in [9.17, 15) is 13.5 Å². The molecule has 0 unspecified atom stereocenters. The molecule has 0 aromatic carbocycles. The second kappa shape index (κ2) is 6.14. The summed E-state index contributed by atoms with van der Waals surface area (Å²) in [6, 6.07) is 6.01. The molecule has 2 fully saturated rings. The van der Waals surface area contributed by atoms with Gasteiger partial charge in [-0.05, 0) is 31.4 Å². The van der Waals surface area contributed by atoms with Gasteiger partial charge in [-0.2, -0.15) is 0 Å². The largest absolute Gasteiger partial charge is 0.391 e. The molecule has 2 aliphatic heterocycles. The van der Waals surface area contributed by atoms with E-state index in [1.165, 1.54) is 6.26 Å². The van der Waals surface area contributed by atoms with Gasteiger partial charge < -0.3 is 10.0 Å². The average molecular weight is 325 g/mol. The maximum atomic E-state index is 11.6. The molecule has 1 aromatic rings. The topological polar surface area (TPSA) is 73.7 Å². The molecule has 1 atom stereocenters. The van der Waals surface area contributed by atoms with Crippen LogP contribution in [0.2, 0.25) is 0 Å². The van der Waals surface area contributed by atoms with Crippen LogP contribution in [0.1, 0.15) is 30.9 Å². The van der Waals surface area contributed by atoms with Crippen molar-refractivity contribution >= 4 is 15.8 Å². The van der Waals surface area contributed by atoms with Gasteiger partial charge in [0.15, 0.2) is 0 Å². The molecule has 0 saturated carbocycles. The van der Waals surface area contributed by atoms with Crippen molar-refractivity contribution in [2.75, 3.05) is 37.3 Å². The minimum atomic E-state index is -3.08. The minimum Gasteiger partial charge on any atom is -0.391 e. The summed E-state index contributed by atoms with van der Waals surface area (Å²) >= 11 is 0. The van der Waals surface area contributed by atoms with Gasteiger partial charge in [0.1, 0.15) is 5.82 Å². The van der Waals surface area contributed by atoms with E-state index in [0.717, 1.165) is 37.3 Å². The molecule has 7 heteroatoms. The second-order valence-corrected chi connectivity index (χ2v) is 8.23. The van der Waals surface area contributed by atoms with Crippen molar-refractivity contribution in [2.45, 2.75) is 31.3 Å². The molecule has 3 rings (SSSR count). The Balaban J connectivity index is 1.69. The lowest BCUT2D eigenvalue weighted by atomic mass is 9.94. The van der Waals surface area contributed by atoms with E-state index in [2.05, 4.69) is 4.90 Å². The van der Waals surface area contributed by atoms with Crippen LogP contribution in [-0.2, 0) is 10.0 Å². The van der Waals surface area contributed by atoms with E-state index in [1.54, 1.807) is 4.31 Å². The first-order valence-electron chi connectivity index (χ1n) is 7.78. The second-order valence-electron chi connectivity index (χ2n) is 6.25. The van der Waals surface area contributed by atoms with Crippen molar-refractivity contribution in [3.8, 4) is 0 Å². The Morgan fingerprint density at radius 1 is 1.18 bits per heavy atom. The summed E-state index contributed by atoms with van der Waals surface area (Å²) < 4.78 is 24.7. The number of rotatable bonds is 3. The monoisotopic (exact) mass is 325 g/mol. The Hall–Kier alpha value is -1.18. The van der Waals surface area contributed by atoms with Gasteiger partial charge in [-0.3, -0.25) is 0 Å². The number of anilines is 1. The minimum absolute atomic E-state index is 0.261. The molecular weight excluding hydrogens is 302 g/mol. The first kappa shape index (κ1) is 15.7. The number of aromatic nitrogens is 1. The zero-order valence-electron chi connectivity index (χ0n) is 12.9. The molecule has 6 nitrogen and oxygen atoms in total. The summed E-state index contributed by atoms with van der Waals surface area (Å²) in [4.78, 5) is 6.86. The van der Waals surface area contributed by atoms with Gasteiger partial charge in [0.2, 0.25) is 10.0 Å². The Labute approximate surface area is 131 Å². The summed E-state index contributed by atoms with van der Waals surface area (Å²) in [6.07, 6.45) is 3.42. The Morgan fingerprint density at radius 2 is 1.91 bits per heavy atom. The maximum Gasteiger partial charge on any atom is 0.211 e. The number of hydrogen-bond acceptors (Lipinski definition) is 5. The molecule has 0 bridgehead atoms. The lowest BCUT2D eigenvalue weighted by molar-refractivity contribution is 0.198. The zero-order valence-corrected chi connectivity index (χ0v) is 13.7. The lowest BCUT2D eigenvalue weighted by Gasteiger charge is -2.30. The van der Waals surface area contributed by atoms with Crippen LogP contribution in [-0.4, -0.2) is 61.4 Å². The van der Waals surface area contributed by atoms with Crippen LogP contribution >= 0.6 is 0 Å². The Bertz CT molecular complexity index is 627. The molecular formula is C15H23N3O3S. The van der Waals surface area contributed by atoms with Crippen LogP contribution in [0.25, 0.3) is 0 Å². The van der Waals surface area contributed by atoms with Crippen LogP contribution in [0.3, 0.4) is 0 Å². The molecule has 122 valence electrons. The number of sulfonamides is 1. The van der Waals surface area contributed by atoms with Gasteiger partial charge in [0, 0.05) is 37.8 Å². The smallest absolute Gasteiger partial charge is 0.211 e. The van der Waals surface area contributed by atoms with Gasteiger partial charge in [0.25, 0.3) is 0 Å². The molecule has 0 radical (unpaired) electrons. The van der Waals surface area contributed by atoms with E-state index in [-0.39, 0.29) is 6.10 Å². The fourth-order valence-corrected chi connectivity index (χ4v) is 4.15. The number of aliphatic hydroxyl groups excluding tert-OH is 1. The van der Waals surface area contributed by atoms with Crippen LogP contribution in [0.15, 0.2) is 18.2 Å². The molecule has 2 aliphatic rings. The highest BCUT2D eigenvalue weighted by atomic mass is 32.2. The number of pyridine rings is 1. The lowest BCUT2D eigenvalue weighted by Crippen LogP contribution is -2.37. The van der Waals surface area contributed by atoms with Crippen molar-refractivity contribution in [1.82, 2.24) is 9.29 Å². The van der Waals surface area contributed by atoms with E-state index >= 15 is 0 Å². The molecule has 1 N–H and O–H groups in total. The van der Waals surface area contributed by atoms with Crippen molar-refractivity contribution in [3.63, 3.8) is 0 Å². The van der Waals surface area contributed by atoms with Crippen LogP contribution in [0, 0.1) is 0 Å². The van der Waals surface area contributed by atoms with Crippen molar-refractivity contribution in [1.29, 1.82) is 0 Å². The Kier molecular flexibility index (Phi) is 4.38. The molecule has 22 heavy (non-hydrogen) atoms. The summed E-state index contributed by atoms with van der Waals surface area (Å²) in [6.45, 7) is 2.61. The quantitative estimate of drug-likeness (QED) is 0.889. The predicted octanol–water partition coefficient (Wildman–Crippen LogP) is 0.792. The highest BCUT2D eigenvalue weighted by Crippen LogP contribution is 2.29. The normalized spacial score (nSPS) is 24.8. The highest BCUT2D eigenvalue weighted by molar-refractivity contribution is 7.88. The van der Waals surface area contributed by atoms with E-state index in [1.807, 2.05) is 18.2 Å². The first-order chi connectivity index (χ1) is 10.4. The molecule has 2 saturated heterocycles. The summed E-state index contributed by atoms with van der Waals surface area (Å²) in [5.41, 5.74) is 1.03. The van der Waals surface area contributed by atoms with Crippen LogP contribution in [0.5, 0.6) is 0 Å². The van der Waals surface area contributed by atoms with Gasteiger partial charge >= 0.3 is 0 Å². The number of β-amino-alcohol motifs (C(OH)–C–C–N with tert-alkyl or cyclic N) is 1. The molecule has 1 aromatic heterocycles. The fourth-order valence-electron chi connectivity index (χ4n) is 3.28. The number of nitrogens with zero attached hydrogens (tertiary/aromatic N) is 3. The van der Waals surface area contributed by atoms with Crippen LogP contribution < -0.4 is 4.90 Å². The van der Waals surface area contributed by atoms with Crippen LogP contribution in [0.4, 0.5) is 5.82 Å². The highest BCUT2D eigenvalue weighted by Gasteiger charge is 2.27. The van der Waals surface area contributed by atoms with Gasteiger partial charge in [-0.25, -0.2) is 17.7 Å². The van der Waals surface area contributed by atoms with E-state index in [0.29, 0.717) is 25.6 Å². The number of aliphatic hydroxyl groups is 1. The third-order valence-electron chi connectivity index (χ3n) is 4.58. The van der Waals surface area contributed by atoms with Crippen molar-refractivity contribution in [2.24, 2.45) is 0 Å². The van der Waals surface area contributed by atoms with Gasteiger partial charge in [-0.1, -0.05) is 6.07 Å². The molecule has 0 aliphatic carbocycles. The van der Waals surface area contributed by atoms with Gasteiger partial charge in [0.05, 0.1) is 12.4 Å². The zero-order chi connectivity index (χ0) is 15.7. The molecule has 0 spiro atoms. The summed E-state index contributed by atoms with van der Waals surface area (Å²) in [5.74, 6) is 1.23. The molecule has 0 amide bonds. The van der Waals surface area contributed by atoms with E-state index in [4.69, 9.17) is 4.98 Å². The third-order valence-corrected chi connectivity index (χ3v) is 5.89. The number of piperidine rings is 1. The number of hydrogen-bond donors (Lipinski definition) is 1. The van der Waals surface area contributed by atoms with E-state index < -0.39 is 10.0 Å². The SMILES string of the molecule is CS(=O)(=O)N1CCC(c2cccc(N3CC[C@H](O)C3)n2)CC1. The fraction of sp³-hybridized carbons (Fsp3) is 0.667. The summed E-state index contributed by atoms with van der Waals surface area (Å²) in [5, 5.41) is 9.65. The average Bonchev–Trinajstić information content (AvgIpc) is 2.93. The van der Waals surface area contributed by atoms with Crippen molar-refractivity contribution in [3.05, 3.63) is 23.9 Å². The third kappa shape index (κ3) is 3.42. The molecule has 3 heterocycles. The Morgan fingerprint density at radius 3 is 2.50 bits per heavy atom. The van der Waals surface area contributed by atoms with Gasteiger partial charge in [-0.15, -0.1) is 0 Å². The maximum absolute atomic E-state index is 11.6.